The van der Waals surface area contributed by atoms with Gasteiger partial charge in [0.15, 0.2) is 0 Å². The van der Waals surface area contributed by atoms with Crippen molar-refractivity contribution in [2.45, 2.75) is 126 Å². The normalized spacial score (nSPS) is 24.9. The van der Waals surface area contributed by atoms with Gasteiger partial charge in [-0.15, -0.1) is 0 Å². The lowest BCUT2D eigenvalue weighted by atomic mass is 9.65. The molecule has 0 radical (unpaired) electrons. The molecule has 3 spiro atoms. The predicted molar refractivity (Wildman–Crippen MR) is 231 cm³/mol. The largest absolute Gasteiger partial charge is 0.287 e. The Morgan fingerprint density at radius 1 is 0.583 bits per heavy atom. The molecule has 2 aliphatic heterocycles. The molecule has 0 unspecified atom stereocenters. The topological polar surface area (TPSA) is 103 Å². The van der Waals surface area contributed by atoms with E-state index >= 15 is 0 Å². The van der Waals surface area contributed by atoms with Crippen LogP contribution < -0.4 is 0 Å². The number of nitriles is 1. The van der Waals surface area contributed by atoms with E-state index in [1.54, 1.807) is 13.8 Å². The highest BCUT2D eigenvalue weighted by Crippen LogP contribution is 2.62. The molecule has 2 heterocycles. The Kier molecular flexibility index (Phi) is 8.68. The average Bonchev–Trinajstić information content (AvgIpc) is 3.80. The molecule has 0 saturated heterocycles. The minimum atomic E-state index is -0.547. The maximum atomic E-state index is 13.7. The molecular weight excluding hydrogens is 745 g/mol. The Morgan fingerprint density at radius 2 is 1.00 bits per heavy atom. The third-order valence-electron chi connectivity index (χ3n) is 16.0. The molecule has 8 heteroatoms. The van der Waals surface area contributed by atoms with E-state index in [0.717, 1.165) is 104 Å². The number of carbonyl (C=O) groups is 4. The van der Waals surface area contributed by atoms with Gasteiger partial charge in [0.2, 0.25) is 0 Å². The number of hydrogen-bond donors (Lipinski definition) is 0. The van der Waals surface area contributed by atoms with Crippen molar-refractivity contribution in [1.29, 1.82) is 5.26 Å². The number of nitrogens with zero attached hydrogens (tertiary/aromatic N) is 4. The lowest BCUT2D eigenvalue weighted by Crippen LogP contribution is -2.40. The summed E-state index contributed by atoms with van der Waals surface area (Å²) in [5.41, 5.74) is 13.9. The zero-order valence-electron chi connectivity index (χ0n) is 35.1. The first kappa shape index (κ1) is 38.3. The Balaban J connectivity index is 1.15. The van der Waals surface area contributed by atoms with E-state index in [4.69, 9.17) is 6.57 Å². The molecule has 8 aliphatic rings. The van der Waals surface area contributed by atoms with E-state index in [1.807, 2.05) is 12.2 Å². The fourth-order valence-electron chi connectivity index (χ4n) is 12.8. The smallest absolute Gasteiger partial charge is 0.271 e. The SMILES string of the molecule is [C-]#[N+]C1=C(C)/C(=C/C2=Cc3cc4c(cc3C23CCCCC3)-c2cc3c(cc2C42CCCCC2)C=C(/C=C2/C(=O)N(C)C(=O)C(C#N)=C2C)C32CCCCC2)C(=O)N(C)C1=O. The second-order valence-corrected chi connectivity index (χ2v) is 18.7. The number of imide groups is 2. The third-order valence-corrected chi connectivity index (χ3v) is 16.0. The van der Waals surface area contributed by atoms with Crippen LogP contribution in [0.15, 0.2) is 81.1 Å². The third kappa shape index (κ3) is 5.06. The molecule has 0 atom stereocenters. The molecule has 4 amide bonds. The first-order chi connectivity index (χ1) is 28.9. The van der Waals surface area contributed by atoms with Crippen LogP contribution in [0.4, 0.5) is 0 Å². The summed E-state index contributed by atoms with van der Waals surface area (Å²) in [5, 5.41) is 9.93. The molecule has 60 heavy (non-hydrogen) atoms. The molecule has 6 aliphatic carbocycles. The minimum Gasteiger partial charge on any atom is -0.287 e. The van der Waals surface area contributed by atoms with Crippen molar-refractivity contribution in [2.75, 3.05) is 14.1 Å². The molecular formula is C52H50N4O4. The van der Waals surface area contributed by atoms with Gasteiger partial charge in [-0.2, -0.15) is 5.26 Å². The number of amides is 4. The van der Waals surface area contributed by atoms with Crippen molar-refractivity contribution in [3.8, 4) is 17.2 Å². The highest BCUT2D eigenvalue weighted by Gasteiger charge is 2.51. The second kappa shape index (κ2) is 13.6. The summed E-state index contributed by atoms with van der Waals surface area (Å²) in [5.74, 6) is -1.81. The Hall–Kier alpha value is -5.86. The van der Waals surface area contributed by atoms with Gasteiger partial charge in [0, 0.05) is 41.5 Å². The maximum Gasteiger partial charge on any atom is 0.271 e. The summed E-state index contributed by atoms with van der Waals surface area (Å²) in [6.07, 6.45) is 24.9. The van der Waals surface area contributed by atoms with Gasteiger partial charge in [0.25, 0.3) is 29.3 Å². The Bertz CT molecular complexity index is 2500. The number of benzene rings is 2. The van der Waals surface area contributed by atoms with Crippen molar-refractivity contribution in [1.82, 2.24) is 9.80 Å². The molecule has 8 nitrogen and oxygen atoms in total. The predicted octanol–water partition coefficient (Wildman–Crippen LogP) is 10.00. The standard InChI is InChI=1S/C52H50N4O4/c1-30-36(46(57)55(4)48(59)40(30)29-53)25-34-21-32-23-43-38(27-41(32)50(34)15-9-6-10-16-50)39-28-42-33(24-44(39)52(43)19-13-8-14-20-52)22-35(51(42)17-11-7-12-18-51)26-37-31(2)45(54-3)49(60)56(5)47(37)58/h21-28H,6-20H2,1-2,4-5H3/b36-25+,37-26-. The van der Waals surface area contributed by atoms with Crippen LogP contribution in [-0.2, 0) is 35.4 Å². The van der Waals surface area contributed by atoms with E-state index in [0.29, 0.717) is 22.3 Å². The van der Waals surface area contributed by atoms with Crippen molar-refractivity contribution in [2.24, 2.45) is 0 Å². The number of fused-ring (bicyclic) bond motifs is 9. The van der Waals surface area contributed by atoms with Crippen molar-refractivity contribution >= 4 is 35.8 Å². The van der Waals surface area contributed by atoms with Crippen LogP contribution in [0.25, 0.3) is 28.1 Å². The summed E-state index contributed by atoms with van der Waals surface area (Å²) in [6, 6.07) is 12.1. The minimum absolute atomic E-state index is 0.00962. The molecule has 0 bridgehead atoms. The zero-order chi connectivity index (χ0) is 41.9. The van der Waals surface area contributed by atoms with Gasteiger partial charge in [0.05, 0.1) is 6.57 Å². The van der Waals surface area contributed by atoms with Gasteiger partial charge in [-0.3, -0.25) is 29.0 Å². The highest BCUT2D eigenvalue weighted by atomic mass is 16.2. The molecule has 0 N–H and O–H groups in total. The number of hydrogen-bond acceptors (Lipinski definition) is 5. The highest BCUT2D eigenvalue weighted by molar-refractivity contribution is 6.18. The molecule has 2 aromatic rings. The molecule has 3 fully saturated rings. The summed E-state index contributed by atoms with van der Waals surface area (Å²) in [6.45, 7) is 11.2. The number of carbonyl (C=O) groups excluding carboxylic acids is 4. The van der Waals surface area contributed by atoms with Crippen LogP contribution in [0, 0.1) is 17.9 Å². The van der Waals surface area contributed by atoms with Crippen LogP contribution in [-0.4, -0.2) is 47.5 Å². The van der Waals surface area contributed by atoms with Crippen LogP contribution in [0.5, 0.6) is 0 Å². The summed E-state index contributed by atoms with van der Waals surface area (Å²) >= 11 is 0. The van der Waals surface area contributed by atoms with E-state index in [1.165, 1.54) is 71.4 Å². The summed E-state index contributed by atoms with van der Waals surface area (Å²) < 4.78 is 0. The summed E-state index contributed by atoms with van der Waals surface area (Å²) in [4.78, 5) is 58.9. The quantitative estimate of drug-likeness (QED) is 0.171. The molecule has 3 saturated carbocycles. The molecule has 302 valence electrons. The zero-order valence-corrected chi connectivity index (χ0v) is 35.1. The van der Waals surface area contributed by atoms with Gasteiger partial charge in [-0.1, -0.05) is 69.9 Å². The number of allylic oxidation sites excluding steroid dienone is 4. The number of likely N-dealkylation sites (N-methyl/N-ethyl adjacent to an activating group) is 2. The van der Waals surface area contributed by atoms with Crippen LogP contribution in [0.3, 0.4) is 0 Å². The van der Waals surface area contributed by atoms with E-state index in [9.17, 15) is 24.4 Å². The Morgan fingerprint density at radius 3 is 1.43 bits per heavy atom. The fraction of sp³-hybridized carbons (Fsp3) is 0.423. The first-order valence-corrected chi connectivity index (χ1v) is 22.0. The Labute approximate surface area is 352 Å². The van der Waals surface area contributed by atoms with Gasteiger partial charge in [0.1, 0.15) is 11.6 Å². The van der Waals surface area contributed by atoms with Crippen LogP contribution in [0.2, 0.25) is 0 Å². The molecule has 10 rings (SSSR count). The lowest BCUT2D eigenvalue weighted by Gasteiger charge is -2.39. The lowest BCUT2D eigenvalue weighted by molar-refractivity contribution is -0.140. The van der Waals surface area contributed by atoms with Crippen LogP contribution in [0.1, 0.15) is 144 Å². The van der Waals surface area contributed by atoms with E-state index < -0.39 is 11.8 Å². The average molecular weight is 795 g/mol. The first-order valence-electron chi connectivity index (χ1n) is 22.0. The maximum absolute atomic E-state index is 13.7. The second-order valence-electron chi connectivity index (χ2n) is 18.7. The van der Waals surface area contributed by atoms with E-state index in [2.05, 4.69) is 47.3 Å². The van der Waals surface area contributed by atoms with Crippen molar-refractivity contribution < 1.29 is 19.2 Å². The van der Waals surface area contributed by atoms with Gasteiger partial charge in [-0.25, -0.2) is 4.85 Å². The van der Waals surface area contributed by atoms with E-state index in [-0.39, 0.29) is 39.3 Å². The fourth-order valence-corrected chi connectivity index (χ4v) is 12.8. The monoisotopic (exact) mass is 794 g/mol. The van der Waals surface area contributed by atoms with Gasteiger partial charge in [-0.05, 0) is 156 Å². The van der Waals surface area contributed by atoms with Crippen molar-refractivity contribution in [3.05, 3.63) is 126 Å². The van der Waals surface area contributed by atoms with Gasteiger partial charge >= 0.3 is 0 Å². The number of rotatable bonds is 2. The molecule has 0 aromatic heterocycles. The van der Waals surface area contributed by atoms with Gasteiger partial charge < -0.3 is 0 Å². The van der Waals surface area contributed by atoms with Crippen molar-refractivity contribution in [3.63, 3.8) is 0 Å². The summed E-state index contributed by atoms with van der Waals surface area (Å²) in [7, 11) is 2.93. The van der Waals surface area contributed by atoms with Crippen LogP contribution >= 0.6 is 0 Å². The molecule has 2 aromatic carbocycles.